The van der Waals surface area contributed by atoms with E-state index in [0.717, 1.165) is 12.1 Å². The summed E-state index contributed by atoms with van der Waals surface area (Å²) >= 11 is 0. The van der Waals surface area contributed by atoms with E-state index in [1.807, 2.05) is 27.7 Å². The predicted molar refractivity (Wildman–Crippen MR) is 76.4 cm³/mol. The number of amides is 1. The zero-order chi connectivity index (χ0) is 16.0. The maximum atomic E-state index is 13.9. The first kappa shape index (κ1) is 15.9. The lowest BCUT2D eigenvalue weighted by atomic mass is 9.79. The second-order valence-corrected chi connectivity index (χ2v) is 6.13. The fraction of sp³-hybridized carbons (Fsp3) is 0.500. The van der Waals surface area contributed by atoms with Gasteiger partial charge in [-0.05, 0) is 45.3 Å². The van der Waals surface area contributed by atoms with E-state index in [2.05, 4.69) is 5.32 Å². The lowest BCUT2D eigenvalue weighted by Gasteiger charge is -2.32. The molecule has 0 bridgehead atoms. The van der Waals surface area contributed by atoms with Gasteiger partial charge in [-0.2, -0.15) is 0 Å². The predicted octanol–water partition coefficient (Wildman–Crippen LogP) is 2.22. The fourth-order valence-corrected chi connectivity index (χ4v) is 2.00. The van der Waals surface area contributed by atoms with Crippen LogP contribution in [-0.2, 0) is 14.1 Å². The van der Waals surface area contributed by atoms with Crippen LogP contribution in [0.4, 0.5) is 14.5 Å². The average Bonchev–Trinajstić information content (AvgIpc) is 2.53. The highest BCUT2D eigenvalue weighted by molar-refractivity contribution is 6.62. The SMILES string of the molecule is CC(=O)Nc1c(F)cc(B2OC(C)(C)C(C)(C)O2)cc1F. The van der Waals surface area contributed by atoms with Crippen molar-refractivity contribution in [3.05, 3.63) is 23.8 Å². The van der Waals surface area contributed by atoms with E-state index < -0.39 is 41.5 Å². The minimum Gasteiger partial charge on any atom is -0.399 e. The third-order valence-electron chi connectivity index (χ3n) is 3.89. The number of halogens is 2. The molecule has 0 radical (unpaired) electrons. The van der Waals surface area contributed by atoms with Crippen molar-refractivity contribution < 1.29 is 22.9 Å². The number of rotatable bonds is 2. The monoisotopic (exact) mass is 297 g/mol. The Kier molecular flexibility index (Phi) is 3.84. The third-order valence-corrected chi connectivity index (χ3v) is 3.89. The van der Waals surface area contributed by atoms with Gasteiger partial charge in [0.25, 0.3) is 0 Å². The Labute approximate surface area is 123 Å². The Morgan fingerprint density at radius 2 is 1.52 bits per heavy atom. The smallest absolute Gasteiger partial charge is 0.399 e. The molecule has 1 heterocycles. The summed E-state index contributed by atoms with van der Waals surface area (Å²) in [6.07, 6.45) is 0. The molecule has 1 saturated heterocycles. The minimum atomic E-state index is -0.866. The molecule has 1 amide bonds. The van der Waals surface area contributed by atoms with Crippen LogP contribution in [0.3, 0.4) is 0 Å². The molecule has 1 aromatic rings. The third kappa shape index (κ3) is 2.94. The summed E-state index contributed by atoms with van der Waals surface area (Å²) in [5.41, 5.74) is -1.43. The highest BCUT2D eigenvalue weighted by Gasteiger charge is 2.51. The molecule has 0 aromatic heterocycles. The number of nitrogens with one attached hydrogen (secondary N) is 1. The molecular weight excluding hydrogens is 279 g/mol. The van der Waals surface area contributed by atoms with Crippen molar-refractivity contribution in [2.24, 2.45) is 0 Å². The van der Waals surface area contributed by atoms with E-state index in [0.29, 0.717) is 0 Å². The summed E-state index contributed by atoms with van der Waals surface area (Å²) in [5, 5.41) is 2.12. The molecule has 0 atom stereocenters. The molecular formula is C14H18BF2NO3. The normalized spacial score (nSPS) is 19.7. The lowest BCUT2D eigenvalue weighted by molar-refractivity contribution is -0.114. The van der Waals surface area contributed by atoms with Gasteiger partial charge in [-0.15, -0.1) is 0 Å². The van der Waals surface area contributed by atoms with Crippen molar-refractivity contribution >= 4 is 24.2 Å². The van der Waals surface area contributed by atoms with Crippen LogP contribution in [0.1, 0.15) is 34.6 Å². The van der Waals surface area contributed by atoms with E-state index in [4.69, 9.17) is 9.31 Å². The molecule has 0 aliphatic carbocycles. The summed E-state index contributed by atoms with van der Waals surface area (Å²) in [6, 6.07) is 2.22. The van der Waals surface area contributed by atoms with Crippen LogP contribution < -0.4 is 10.8 Å². The van der Waals surface area contributed by atoms with Gasteiger partial charge in [0.2, 0.25) is 5.91 Å². The molecule has 1 N–H and O–H groups in total. The molecule has 1 aliphatic rings. The quantitative estimate of drug-likeness (QED) is 0.852. The summed E-state index contributed by atoms with van der Waals surface area (Å²) in [7, 11) is -0.856. The van der Waals surface area contributed by atoms with Gasteiger partial charge in [0.1, 0.15) is 17.3 Å². The summed E-state index contributed by atoms with van der Waals surface area (Å²) < 4.78 is 39.4. The maximum Gasteiger partial charge on any atom is 0.495 e. The van der Waals surface area contributed by atoms with Crippen LogP contribution in [0.25, 0.3) is 0 Å². The zero-order valence-corrected chi connectivity index (χ0v) is 12.7. The van der Waals surface area contributed by atoms with Crippen LogP contribution >= 0.6 is 0 Å². The zero-order valence-electron chi connectivity index (χ0n) is 12.7. The Bertz CT molecular complexity index is 551. The number of carbonyl (C=O) groups is 1. The molecule has 114 valence electrons. The topological polar surface area (TPSA) is 47.6 Å². The Morgan fingerprint density at radius 1 is 1.10 bits per heavy atom. The van der Waals surface area contributed by atoms with Crippen molar-refractivity contribution in [2.75, 3.05) is 5.32 Å². The van der Waals surface area contributed by atoms with Crippen LogP contribution in [0, 0.1) is 11.6 Å². The van der Waals surface area contributed by atoms with Gasteiger partial charge >= 0.3 is 7.12 Å². The molecule has 1 aromatic carbocycles. The number of hydrogen-bond donors (Lipinski definition) is 1. The Morgan fingerprint density at radius 3 is 1.90 bits per heavy atom. The molecule has 1 aliphatic heterocycles. The number of anilines is 1. The highest BCUT2D eigenvalue weighted by atomic mass is 19.1. The first-order chi connectivity index (χ1) is 9.53. The van der Waals surface area contributed by atoms with Gasteiger partial charge in [0, 0.05) is 6.92 Å². The van der Waals surface area contributed by atoms with Gasteiger partial charge in [-0.3, -0.25) is 4.79 Å². The van der Waals surface area contributed by atoms with Crippen molar-refractivity contribution in [3.8, 4) is 0 Å². The minimum absolute atomic E-state index is 0.234. The van der Waals surface area contributed by atoms with E-state index in [1.165, 1.54) is 6.92 Å². The Hall–Kier alpha value is -1.47. The number of carbonyl (C=O) groups excluding carboxylic acids is 1. The van der Waals surface area contributed by atoms with E-state index in [9.17, 15) is 13.6 Å². The fourth-order valence-electron chi connectivity index (χ4n) is 2.00. The van der Waals surface area contributed by atoms with Crippen molar-refractivity contribution in [3.63, 3.8) is 0 Å². The van der Waals surface area contributed by atoms with Crippen LogP contribution in [0.5, 0.6) is 0 Å². The van der Waals surface area contributed by atoms with Crippen LogP contribution in [-0.4, -0.2) is 24.2 Å². The molecule has 1 fully saturated rings. The van der Waals surface area contributed by atoms with Crippen molar-refractivity contribution in [1.29, 1.82) is 0 Å². The second kappa shape index (κ2) is 5.07. The van der Waals surface area contributed by atoms with Gasteiger partial charge in [-0.25, -0.2) is 8.78 Å². The largest absolute Gasteiger partial charge is 0.495 e. The summed E-state index contributed by atoms with van der Waals surface area (Å²) in [4.78, 5) is 10.9. The van der Waals surface area contributed by atoms with Gasteiger partial charge in [0.05, 0.1) is 11.2 Å². The molecule has 2 rings (SSSR count). The standard InChI is InChI=1S/C14H18BF2NO3/c1-8(19)18-12-10(16)6-9(7-11(12)17)15-20-13(2,3)14(4,5)21-15/h6-7H,1-5H3,(H,18,19). The first-order valence-electron chi connectivity index (χ1n) is 6.66. The highest BCUT2D eigenvalue weighted by Crippen LogP contribution is 2.36. The van der Waals surface area contributed by atoms with E-state index in [1.54, 1.807) is 0 Å². The van der Waals surface area contributed by atoms with Gasteiger partial charge in [0.15, 0.2) is 0 Å². The summed E-state index contributed by atoms with van der Waals surface area (Å²) in [5.74, 6) is -2.28. The maximum absolute atomic E-state index is 13.9. The second-order valence-electron chi connectivity index (χ2n) is 6.13. The van der Waals surface area contributed by atoms with E-state index in [-0.39, 0.29) is 5.46 Å². The Balaban J connectivity index is 2.33. The van der Waals surface area contributed by atoms with Crippen LogP contribution in [0.2, 0.25) is 0 Å². The lowest BCUT2D eigenvalue weighted by Crippen LogP contribution is -2.41. The average molecular weight is 297 g/mol. The van der Waals surface area contributed by atoms with Crippen molar-refractivity contribution in [2.45, 2.75) is 45.8 Å². The summed E-state index contributed by atoms with van der Waals surface area (Å²) in [6.45, 7) is 8.59. The van der Waals surface area contributed by atoms with E-state index >= 15 is 0 Å². The molecule has 21 heavy (non-hydrogen) atoms. The van der Waals surface area contributed by atoms with Gasteiger partial charge < -0.3 is 14.6 Å². The first-order valence-corrected chi connectivity index (χ1v) is 6.66. The molecule has 0 saturated carbocycles. The molecule has 0 unspecified atom stereocenters. The number of hydrogen-bond acceptors (Lipinski definition) is 3. The molecule has 7 heteroatoms. The molecule has 4 nitrogen and oxygen atoms in total. The van der Waals surface area contributed by atoms with Crippen LogP contribution in [0.15, 0.2) is 12.1 Å². The van der Waals surface area contributed by atoms with Gasteiger partial charge in [-0.1, -0.05) is 0 Å². The number of benzene rings is 1. The van der Waals surface area contributed by atoms with Crippen molar-refractivity contribution in [1.82, 2.24) is 0 Å². The molecule has 0 spiro atoms.